The van der Waals surface area contributed by atoms with E-state index in [2.05, 4.69) is 0 Å². The largest absolute Gasteiger partial charge is 0.393 e. The zero-order chi connectivity index (χ0) is 26.7. The fourth-order valence-corrected chi connectivity index (χ4v) is 5.61. The summed E-state index contributed by atoms with van der Waals surface area (Å²) in [6, 6.07) is 18.3. The van der Waals surface area contributed by atoms with Crippen LogP contribution in [0.25, 0.3) is 0 Å². The lowest BCUT2D eigenvalue weighted by atomic mass is 9.82. The smallest absolute Gasteiger partial charge is 0.317 e. The number of Topliss-reactive ketones (excluding diaryl/α,β-unsaturated/α-hetero) is 2. The third-order valence-electron chi connectivity index (χ3n) is 7.80. The number of ketones is 2. The first kappa shape index (κ1) is 27.9. The lowest BCUT2D eigenvalue weighted by Gasteiger charge is -2.23. The second-order valence-corrected chi connectivity index (χ2v) is 10.7. The topological polar surface area (TPSA) is 86.7 Å². The van der Waals surface area contributed by atoms with Gasteiger partial charge in [-0.15, -0.1) is 0 Å². The second-order valence-electron chi connectivity index (χ2n) is 10.7. The van der Waals surface area contributed by atoms with Crippen molar-refractivity contribution in [1.82, 2.24) is 0 Å². The first-order valence-corrected chi connectivity index (χ1v) is 14.0. The molecule has 0 amide bonds. The van der Waals surface area contributed by atoms with E-state index in [1.807, 2.05) is 36.4 Å². The molecule has 1 aliphatic heterocycles. The fraction of sp³-hybridized carbons (Fsp3) is 0.500. The van der Waals surface area contributed by atoms with Crippen molar-refractivity contribution in [2.45, 2.75) is 76.7 Å². The minimum absolute atomic E-state index is 0.0266. The lowest BCUT2D eigenvalue weighted by molar-refractivity contribution is -0.167. The summed E-state index contributed by atoms with van der Waals surface area (Å²) >= 11 is 0. The molecule has 0 bridgehead atoms. The quantitative estimate of drug-likeness (QED) is 0.197. The summed E-state index contributed by atoms with van der Waals surface area (Å²) in [4.78, 5) is 52.7. The third kappa shape index (κ3) is 8.19. The van der Waals surface area contributed by atoms with Gasteiger partial charge >= 0.3 is 11.9 Å². The molecule has 202 valence electrons. The van der Waals surface area contributed by atoms with Gasteiger partial charge in [-0.3, -0.25) is 19.2 Å². The molecular formula is C32H38O6. The van der Waals surface area contributed by atoms with Gasteiger partial charge in [-0.25, -0.2) is 0 Å². The van der Waals surface area contributed by atoms with Gasteiger partial charge in [-0.2, -0.15) is 0 Å². The maximum Gasteiger partial charge on any atom is 0.317 e. The maximum absolute atomic E-state index is 13.4. The highest BCUT2D eigenvalue weighted by atomic mass is 16.6. The molecule has 3 unspecified atom stereocenters. The van der Waals surface area contributed by atoms with Crippen molar-refractivity contribution in [3.63, 3.8) is 0 Å². The SMILES string of the molecule is O=C(CC(CC1CCCO1)C(=O)OC(=O)C(CC(=O)C1CCCCC1)Cc1ccccc1)c1ccccc1. The zero-order valence-corrected chi connectivity index (χ0v) is 22.0. The van der Waals surface area contributed by atoms with E-state index in [9.17, 15) is 19.2 Å². The normalized spacial score (nSPS) is 19.4. The Hall–Kier alpha value is -3.12. The Morgan fingerprint density at radius 3 is 2.08 bits per heavy atom. The second kappa shape index (κ2) is 14.1. The van der Waals surface area contributed by atoms with Crippen LogP contribution in [0.5, 0.6) is 0 Å². The number of carbonyl (C=O) groups is 4. The number of esters is 2. The monoisotopic (exact) mass is 518 g/mol. The average molecular weight is 519 g/mol. The van der Waals surface area contributed by atoms with Gasteiger partial charge in [0, 0.05) is 30.9 Å². The number of hydrogen-bond donors (Lipinski definition) is 0. The van der Waals surface area contributed by atoms with E-state index < -0.39 is 23.8 Å². The molecule has 2 aromatic rings. The predicted octanol–water partition coefficient (Wildman–Crippen LogP) is 5.91. The highest BCUT2D eigenvalue weighted by Crippen LogP contribution is 2.29. The van der Waals surface area contributed by atoms with Crippen LogP contribution in [-0.4, -0.2) is 36.2 Å². The van der Waals surface area contributed by atoms with Crippen LogP contribution in [-0.2, 0) is 30.3 Å². The Kier molecular flexibility index (Phi) is 10.4. The highest BCUT2D eigenvalue weighted by Gasteiger charge is 2.34. The molecule has 6 nitrogen and oxygen atoms in total. The highest BCUT2D eigenvalue weighted by molar-refractivity contribution is 5.99. The van der Waals surface area contributed by atoms with Crippen molar-refractivity contribution in [2.75, 3.05) is 6.61 Å². The van der Waals surface area contributed by atoms with Crippen LogP contribution < -0.4 is 0 Å². The number of ether oxygens (including phenoxy) is 2. The van der Waals surface area contributed by atoms with Crippen molar-refractivity contribution in [2.24, 2.45) is 17.8 Å². The maximum atomic E-state index is 13.4. The Balaban J connectivity index is 1.46. The predicted molar refractivity (Wildman–Crippen MR) is 143 cm³/mol. The van der Waals surface area contributed by atoms with E-state index in [0.29, 0.717) is 25.0 Å². The van der Waals surface area contributed by atoms with Crippen LogP contribution in [0.3, 0.4) is 0 Å². The van der Waals surface area contributed by atoms with E-state index in [0.717, 1.165) is 50.5 Å². The summed E-state index contributed by atoms with van der Waals surface area (Å²) in [6.45, 7) is 0.625. The molecule has 2 aliphatic rings. The molecule has 0 N–H and O–H groups in total. The molecule has 38 heavy (non-hydrogen) atoms. The number of carbonyl (C=O) groups excluding carboxylic acids is 4. The lowest BCUT2D eigenvalue weighted by Crippen LogP contribution is -2.32. The third-order valence-corrected chi connectivity index (χ3v) is 7.80. The summed E-state index contributed by atoms with van der Waals surface area (Å²) in [5, 5.41) is 0. The van der Waals surface area contributed by atoms with Gasteiger partial charge in [-0.1, -0.05) is 79.9 Å². The van der Waals surface area contributed by atoms with Gasteiger partial charge in [0.05, 0.1) is 17.9 Å². The zero-order valence-electron chi connectivity index (χ0n) is 22.0. The Morgan fingerprint density at radius 1 is 0.763 bits per heavy atom. The summed E-state index contributed by atoms with van der Waals surface area (Å²) < 4.78 is 11.2. The summed E-state index contributed by atoms with van der Waals surface area (Å²) in [7, 11) is 0. The van der Waals surface area contributed by atoms with E-state index in [1.165, 1.54) is 0 Å². The van der Waals surface area contributed by atoms with Crippen molar-refractivity contribution < 1.29 is 28.7 Å². The molecule has 1 heterocycles. The molecule has 3 atom stereocenters. The minimum Gasteiger partial charge on any atom is -0.393 e. The van der Waals surface area contributed by atoms with Crippen molar-refractivity contribution in [3.8, 4) is 0 Å². The van der Waals surface area contributed by atoms with E-state index >= 15 is 0 Å². The average Bonchev–Trinajstić information content (AvgIpc) is 3.47. The van der Waals surface area contributed by atoms with E-state index in [4.69, 9.17) is 9.47 Å². The Morgan fingerprint density at radius 2 is 1.42 bits per heavy atom. The first-order valence-electron chi connectivity index (χ1n) is 14.0. The Bertz CT molecular complexity index is 1070. The van der Waals surface area contributed by atoms with Gasteiger partial charge in [0.15, 0.2) is 5.78 Å². The van der Waals surface area contributed by atoms with Crippen LogP contribution >= 0.6 is 0 Å². The molecular weight excluding hydrogens is 480 g/mol. The number of benzene rings is 2. The summed E-state index contributed by atoms with van der Waals surface area (Å²) in [5.41, 5.74) is 1.43. The Labute approximate surface area is 225 Å². The molecule has 6 heteroatoms. The van der Waals surface area contributed by atoms with Gasteiger partial charge in [0.1, 0.15) is 5.78 Å². The first-order chi connectivity index (χ1) is 18.5. The molecule has 0 radical (unpaired) electrons. The van der Waals surface area contributed by atoms with Crippen molar-refractivity contribution in [1.29, 1.82) is 0 Å². The van der Waals surface area contributed by atoms with Crippen LogP contribution in [0.15, 0.2) is 60.7 Å². The fourth-order valence-electron chi connectivity index (χ4n) is 5.61. The molecule has 2 aromatic carbocycles. The molecule has 1 saturated carbocycles. The molecule has 1 saturated heterocycles. The van der Waals surface area contributed by atoms with Crippen LogP contribution in [0, 0.1) is 17.8 Å². The molecule has 2 fully saturated rings. The van der Waals surface area contributed by atoms with Crippen LogP contribution in [0.4, 0.5) is 0 Å². The van der Waals surface area contributed by atoms with Gasteiger partial charge in [-0.05, 0) is 44.1 Å². The van der Waals surface area contributed by atoms with Gasteiger partial charge in [0.2, 0.25) is 0 Å². The number of rotatable bonds is 12. The number of hydrogen-bond acceptors (Lipinski definition) is 6. The minimum atomic E-state index is -0.791. The van der Waals surface area contributed by atoms with E-state index in [-0.39, 0.29) is 36.4 Å². The van der Waals surface area contributed by atoms with Crippen molar-refractivity contribution >= 4 is 23.5 Å². The molecule has 4 rings (SSSR count). The molecule has 0 spiro atoms. The molecule has 0 aromatic heterocycles. The van der Waals surface area contributed by atoms with E-state index in [1.54, 1.807) is 24.3 Å². The summed E-state index contributed by atoms with van der Waals surface area (Å²) in [5.74, 6) is -3.06. The molecule has 1 aliphatic carbocycles. The van der Waals surface area contributed by atoms with Crippen LogP contribution in [0.1, 0.15) is 80.1 Å². The van der Waals surface area contributed by atoms with Crippen LogP contribution in [0.2, 0.25) is 0 Å². The van der Waals surface area contributed by atoms with Gasteiger partial charge < -0.3 is 9.47 Å². The van der Waals surface area contributed by atoms with Gasteiger partial charge in [0.25, 0.3) is 0 Å². The van der Waals surface area contributed by atoms with Crippen molar-refractivity contribution in [3.05, 3.63) is 71.8 Å². The standard InChI is InChI=1S/C32H38O6/c33-29(24-13-6-2-7-14-24)21-26(19-23-11-4-1-5-12-23)31(35)38-32(36)27(20-28-17-10-18-37-28)22-30(34)25-15-8-3-9-16-25/h1,3-5,8-9,11-12,15-16,24,26-28H,2,6-7,10,13-14,17-22H2. The summed E-state index contributed by atoms with van der Waals surface area (Å²) in [6.07, 6.45) is 7.15.